The minimum absolute atomic E-state index is 0.0229. The number of allylic oxidation sites excluding steroid dienone is 1. The van der Waals surface area contributed by atoms with Crippen molar-refractivity contribution in [2.24, 2.45) is 39.4 Å². The minimum Gasteiger partial charge on any atom is -0.454 e. The van der Waals surface area contributed by atoms with Gasteiger partial charge in [0.2, 0.25) is 0 Å². The number of aliphatic hydroxyl groups is 1. The molecule has 0 aromatic carbocycles. The summed E-state index contributed by atoms with van der Waals surface area (Å²) in [5.41, 5.74) is -3.21. The van der Waals surface area contributed by atoms with E-state index in [9.17, 15) is 24.3 Å². The molecule has 4 rings (SSSR count). The molecule has 6 nitrogen and oxygen atoms in total. The molecule has 0 amide bonds. The van der Waals surface area contributed by atoms with Crippen LogP contribution in [-0.4, -0.2) is 40.6 Å². The van der Waals surface area contributed by atoms with Crippen molar-refractivity contribution in [2.45, 2.75) is 73.0 Å². The Morgan fingerprint density at radius 3 is 2.23 bits per heavy atom. The lowest BCUT2D eigenvalue weighted by molar-refractivity contribution is -0.229. The second-order valence-corrected chi connectivity index (χ2v) is 11.2. The number of hydrogen-bond donors (Lipinski definition) is 1. The molecule has 30 heavy (non-hydrogen) atoms. The Morgan fingerprint density at radius 1 is 1.03 bits per heavy atom. The molecular weight excluding hydrogens is 384 g/mol. The zero-order valence-corrected chi connectivity index (χ0v) is 18.7. The average molecular weight is 417 g/mol. The van der Waals surface area contributed by atoms with Gasteiger partial charge in [-0.15, -0.1) is 0 Å². The van der Waals surface area contributed by atoms with Crippen molar-refractivity contribution < 1.29 is 29.0 Å². The zero-order chi connectivity index (χ0) is 22.6. The summed E-state index contributed by atoms with van der Waals surface area (Å²) in [6.45, 7) is 14.8. The zero-order valence-electron chi connectivity index (χ0n) is 18.7. The molecule has 1 heterocycles. The van der Waals surface area contributed by atoms with E-state index in [2.05, 4.69) is 6.58 Å². The van der Waals surface area contributed by atoms with Crippen LogP contribution < -0.4 is 0 Å². The summed E-state index contributed by atoms with van der Waals surface area (Å²) < 4.78 is 5.40. The van der Waals surface area contributed by atoms with Crippen molar-refractivity contribution in [3.05, 3.63) is 12.2 Å². The predicted molar refractivity (Wildman–Crippen MR) is 108 cm³/mol. The van der Waals surface area contributed by atoms with Gasteiger partial charge in [0, 0.05) is 23.2 Å². The molecule has 3 aliphatic carbocycles. The SMILES string of the molecule is C=C1CC2C3(C)CCC(=O)C(C)(C)C3C(=O)C(O)C2(C)C2C(=O)OC(C)C(=O)C12C. The molecule has 4 fully saturated rings. The second-order valence-electron chi connectivity index (χ2n) is 11.2. The van der Waals surface area contributed by atoms with Crippen LogP contribution in [0.5, 0.6) is 0 Å². The highest BCUT2D eigenvalue weighted by Crippen LogP contribution is 2.71. The molecule has 8 unspecified atom stereocenters. The Labute approximate surface area is 177 Å². The molecule has 0 radical (unpaired) electrons. The molecule has 1 aliphatic heterocycles. The van der Waals surface area contributed by atoms with Crippen LogP contribution in [0.1, 0.15) is 60.8 Å². The van der Waals surface area contributed by atoms with Crippen molar-refractivity contribution in [2.75, 3.05) is 0 Å². The van der Waals surface area contributed by atoms with E-state index in [4.69, 9.17) is 4.74 Å². The summed E-state index contributed by atoms with van der Waals surface area (Å²) in [6.07, 6.45) is -1.06. The third-order valence-electron chi connectivity index (χ3n) is 9.47. The highest BCUT2D eigenvalue weighted by atomic mass is 16.5. The molecule has 8 atom stereocenters. The van der Waals surface area contributed by atoms with Gasteiger partial charge in [-0.25, -0.2) is 0 Å². The molecule has 6 heteroatoms. The van der Waals surface area contributed by atoms with Crippen LogP contribution in [0.25, 0.3) is 0 Å². The van der Waals surface area contributed by atoms with Crippen molar-refractivity contribution in [3.8, 4) is 0 Å². The fraction of sp³-hybridized carbons (Fsp3) is 0.750. The highest BCUT2D eigenvalue weighted by molar-refractivity contribution is 6.02. The first-order valence-electron chi connectivity index (χ1n) is 10.8. The van der Waals surface area contributed by atoms with Crippen LogP contribution in [-0.2, 0) is 23.9 Å². The Morgan fingerprint density at radius 2 is 1.63 bits per heavy atom. The van der Waals surface area contributed by atoms with Gasteiger partial charge in [-0.2, -0.15) is 0 Å². The van der Waals surface area contributed by atoms with Gasteiger partial charge in [0.1, 0.15) is 11.9 Å². The Hall–Kier alpha value is -1.82. The third kappa shape index (κ3) is 2.13. The average Bonchev–Trinajstić information content (AvgIpc) is 2.64. The molecule has 1 N–H and O–H groups in total. The summed E-state index contributed by atoms with van der Waals surface area (Å²) in [5.74, 6) is -3.09. The highest BCUT2D eigenvalue weighted by Gasteiger charge is 2.75. The van der Waals surface area contributed by atoms with E-state index < -0.39 is 57.5 Å². The summed E-state index contributed by atoms with van der Waals surface area (Å²) in [7, 11) is 0. The van der Waals surface area contributed by atoms with Crippen LogP contribution >= 0.6 is 0 Å². The fourth-order valence-corrected chi connectivity index (χ4v) is 7.88. The van der Waals surface area contributed by atoms with Crippen molar-refractivity contribution >= 4 is 23.3 Å². The molecule has 0 spiro atoms. The van der Waals surface area contributed by atoms with E-state index in [1.165, 1.54) is 0 Å². The predicted octanol–water partition coefficient (Wildman–Crippen LogP) is 2.66. The van der Waals surface area contributed by atoms with Gasteiger partial charge < -0.3 is 9.84 Å². The van der Waals surface area contributed by atoms with Crippen LogP contribution in [0, 0.1) is 39.4 Å². The number of aliphatic hydroxyl groups excluding tert-OH is 1. The van der Waals surface area contributed by atoms with Crippen molar-refractivity contribution in [3.63, 3.8) is 0 Å². The monoisotopic (exact) mass is 416 g/mol. The first-order valence-corrected chi connectivity index (χ1v) is 10.8. The maximum absolute atomic E-state index is 13.6. The minimum atomic E-state index is -1.46. The number of hydrogen-bond acceptors (Lipinski definition) is 6. The standard InChI is InChI=1S/C24H32O6/c1-11-10-13-22(5)9-8-14(25)21(3,4)16(22)15(26)19(28)24(13,7)17-20(29)30-12(2)18(27)23(11,17)6/h12-13,16-17,19,28H,1,8-10H2,2-7H3. The van der Waals surface area contributed by atoms with Gasteiger partial charge >= 0.3 is 5.97 Å². The summed E-state index contributed by atoms with van der Waals surface area (Å²) in [6, 6.07) is 0. The topological polar surface area (TPSA) is 97.7 Å². The van der Waals surface area contributed by atoms with E-state index in [-0.39, 0.29) is 17.5 Å². The van der Waals surface area contributed by atoms with Gasteiger partial charge in [-0.1, -0.05) is 39.8 Å². The van der Waals surface area contributed by atoms with E-state index in [0.29, 0.717) is 24.8 Å². The number of rotatable bonds is 0. The van der Waals surface area contributed by atoms with E-state index in [1.807, 2.05) is 6.92 Å². The molecule has 164 valence electrons. The Bertz CT molecular complexity index is 901. The van der Waals surface area contributed by atoms with Crippen LogP contribution in [0.2, 0.25) is 0 Å². The van der Waals surface area contributed by atoms with E-state index in [1.54, 1.807) is 34.6 Å². The molecular formula is C24H32O6. The smallest absolute Gasteiger partial charge is 0.311 e. The van der Waals surface area contributed by atoms with Crippen LogP contribution in [0.4, 0.5) is 0 Å². The normalized spacial score (nSPS) is 50.4. The molecule has 0 aromatic rings. The summed E-state index contributed by atoms with van der Waals surface area (Å²) >= 11 is 0. The number of fused-ring (bicyclic) bond motifs is 5. The molecule has 0 aromatic heterocycles. The number of esters is 1. The molecule has 1 saturated heterocycles. The Balaban J connectivity index is 1.95. The maximum Gasteiger partial charge on any atom is 0.311 e. The third-order valence-corrected chi connectivity index (χ3v) is 9.47. The lowest BCUT2D eigenvalue weighted by Gasteiger charge is -2.68. The van der Waals surface area contributed by atoms with Gasteiger partial charge in [-0.05, 0) is 38.0 Å². The number of carbonyl (C=O) groups is 4. The fourth-order valence-electron chi connectivity index (χ4n) is 7.88. The number of ketones is 3. The van der Waals surface area contributed by atoms with Gasteiger partial charge in [-0.3, -0.25) is 19.2 Å². The second kappa shape index (κ2) is 5.90. The van der Waals surface area contributed by atoms with Gasteiger partial charge in [0.25, 0.3) is 0 Å². The van der Waals surface area contributed by atoms with Crippen molar-refractivity contribution in [1.29, 1.82) is 0 Å². The first kappa shape index (κ1) is 21.4. The lowest BCUT2D eigenvalue weighted by Crippen LogP contribution is -2.74. The molecule has 3 saturated carbocycles. The van der Waals surface area contributed by atoms with E-state index in [0.717, 1.165) is 0 Å². The van der Waals surface area contributed by atoms with Crippen LogP contribution in [0.3, 0.4) is 0 Å². The van der Waals surface area contributed by atoms with Gasteiger partial charge in [0.05, 0.1) is 11.3 Å². The van der Waals surface area contributed by atoms with E-state index >= 15 is 0 Å². The van der Waals surface area contributed by atoms with Crippen LogP contribution in [0.15, 0.2) is 12.2 Å². The first-order chi connectivity index (χ1) is 13.7. The number of ether oxygens (including phenoxy) is 1. The number of carbonyl (C=O) groups excluding carboxylic acids is 4. The number of cyclic esters (lactones) is 1. The number of Topliss-reactive ketones (excluding diaryl/α,β-unsaturated/α-hetero) is 3. The molecule has 4 aliphatic rings. The van der Waals surface area contributed by atoms with Gasteiger partial charge in [0.15, 0.2) is 17.7 Å². The van der Waals surface area contributed by atoms with Crippen molar-refractivity contribution in [1.82, 2.24) is 0 Å². The quantitative estimate of drug-likeness (QED) is 0.482. The largest absolute Gasteiger partial charge is 0.454 e. The summed E-state index contributed by atoms with van der Waals surface area (Å²) in [5, 5.41) is 11.4. The molecule has 0 bridgehead atoms. The summed E-state index contributed by atoms with van der Waals surface area (Å²) in [4.78, 5) is 52.7. The lowest BCUT2D eigenvalue weighted by atomic mass is 9.35. The Kier molecular flexibility index (Phi) is 4.21. The maximum atomic E-state index is 13.6.